The van der Waals surface area contributed by atoms with E-state index in [4.69, 9.17) is 4.74 Å². The second-order valence-electron chi connectivity index (χ2n) is 4.93. The summed E-state index contributed by atoms with van der Waals surface area (Å²) in [7, 11) is 0. The number of nitrogens with one attached hydrogen (secondary N) is 1. The molecule has 0 aliphatic heterocycles. The highest BCUT2D eigenvalue weighted by molar-refractivity contribution is 4.93. The van der Waals surface area contributed by atoms with Crippen molar-refractivity contribution in [3.8, 4) is 0 Å². The average molecular weight is 227 g/mol. The largest absolute Gasteiger partial charge is 0.374 e. The zero-order valence-corrected chi connectivity index (χ0v) is 11.3. The Balaban J connectivity index is 2.73. The summed E-state index contributed by atoms with van der Waals surface area (Å²) in [5.41, 5.74) is 0.121. The van der Waals surface area contributed by atoms with Crippen molar-refractivity contribution in [2.45, 2.75) is 77.4 Å². The van der Waals surface area contributed by atoms with Gasteiger partial charge in [-0.25, -0.2) is 0 Å². The molecule has 1 unspecified atom stereocenters. The summed E-state index contributed by atoms with van der Waals surface area (Å²) in [4.78, 5) is 0. The fourth-order valence-electron chi connectivity index (χ4n) is 3.16. The second-order valence-corrected chi connectivity index (χ2v) is 4.93. The Morgan fingerprint density at radius 2 is 1.69 bits per heavy atom. The summed E-state index contributed by atoms with van der Waals surface area (Å²) in [6, 6.07) is 0.538. The molecule has 1 N–H and O–H groups in total. The first kappa shape index (κ1) is 14.0. The van der Waals surface area contributed by atoms with Crippen LogP contribution in [0, 0.1) is 0 Å². The molecule has 0 saturated heterocycles. The Labute approximate surface area is 101 Å². The van der Waals surface area contributed by atoms with E-state index in [1.165, 1.54) is 44.9 Å². The van der Waals surface area contributed by atoms with Crippen LogP contribution in [0.5, 0.6) is 0 Å². The van der Waals surface area contributed by atoms with E-state index in [1.807, 2.05) is 0 Å². The zero-order valence-electron chi connectivity index (χ0n) is 11.3. The number of hydrogen-bond acceptors (Lipinski definition) is 2. The topological polar surface area (TPSA) is 21.3 Å². The Morgan fingerprint density at radius 1 is 1.06 bits per heavy atom. The van der Waals surface area contributed by atoms with Crippen LogP contribution in [0.4, 0.5) is 0 Å². The van der Waals surface area contributed by atoms with Gasteiger partial charge in [0.05, 0.1) is 5.60 Å². The van der Waals surface area contributed by atoms with Crippen LogP contribution in [0.2, 0.25) is 0 Å². The zero-order chi connectivity index (χ0) is 11.9. The number of ether oxygens (including phenoxy) is 1. The maximum atomic E-state index is 6.19. The third kappa shape index (κ3) is 3.46. The smallest absolute Gasteiger partial charge is 0.0834 e. The summed E-state index contributed by atoms with van der Waals surface area (Å²) >= 11 is 0. The van der Waals surface area contributed by atoms with Crippen LogP contribution in [-0.2, 0) is 4.74 Å². The average Bonchev–Trinajstić information content (AvgIpc) is 2.53. The van der Waals surface area contributed by atoms with Gasteiger partial charge in [-0.05, 0) is 32.7 Å². The second kappa shape index (κ2) is 7.29. The summed E-state index contributed by atoms with van der Waals surface area (Å²) in [5.74, 6) is 0. The summed E-state index contributed by atoms with van der Waals surface area (Å²) in [5, 5.41) is 3.63. The molecule has 1 aliphatic carbocycles. The Bertz CT molecular complexity index is 174. The van der Waals surface area contributed by atoms with Crippen LogP contribution in [0.3, 0.4) is 0 Å². The van der Waals surface area contributed by atoms with Crippen LogP contribution in [-0.4, -0.2) is 24.8 Å². The molecule has 0 bridgehead atoms. The first-order chi connectivity index (χ1) is 7.79. The van der Waals surface area contributed by atoms with Crippen molar-refractivity contribution in [2.75, 3.05) is 13.2 Å². The highest BCUT2D eigenvalue weighted by Gasteiger charge is 2.38. The van der Waals surface area contributed by atoms with Crippen LogP contribution in [0.1, 0.15) is 65.7 Å². The van der Waals surface area contributed by atoms with Gasteiger partial charge in [0.1, 0.15) is 0 Å². The Hall–Kier alpha value is -0.0800. The van der Waals surface area contributed by atoms with Crippen molar-refractivity contribution < 1.29 is 4.74 Å². The molecule has 1 saturated carbocycles. The first-order valence-corrected chi connectivity index (χ1v) is 7.16. The third-order valence-electron chi connectivity index (χ3n) is 3.88. The van der Waals surface area contributed by atoms with Crippen molar-refractivity contribution >= 4 is 0 Å². The van der Waals surface area contributed by atoms with Crippen molar-refractivity contribution in [3.05, 3.63) is 0 Å². The van der Waals surface area contributed by atoms with Crippen LogP contribution in [0.15, 0.2) is 0 Å². The van der Waals surface area contributed by atoms with Gasteiger partial charge in [0.15, 0.2) is 0 Å². The molecule has 1 aliphatic rings. The van der Waals surface area contributed by atoms with Gasteiger partial charge in [-0.2, -0.15) is 0 Å². The van der Waals surface area contributed by atoms with E-state index >= 15 is 0 Å². The van der Waals surface area contributed by atoms with E-state index in [0.29, 0.717) is 6.04 Å². The predicted octanol–water partition coefficient (Wildman–Crippen LogP) is 3.50. The summed E-state index contributed by atoms with van der Waals surface area (Å²) in [6.07, 6.45) is 9.10. The lowest BCUT2D eigenvalue weighted by Gasteiger charge is -2.40. The van der Waals surface area contributed by atoms with Crippen LogP contribution < -0.4 is 5.32 Å². The maximum Gasteiger partial charge on any atom is 0.0834 e. The van der Waals surface area contributed by atoms with E-state index in [2.05, 4.69) is 26.1 Å². The summed E-state index contributed by atoms with van der Waals surface area (Å²) in [6.45, 7) is 8.50. The molecule has 1 rings (SSSR count). The SMILES string of the molecule is CCNC(CC)C1(OCC)CCCCCC1. The van der Waals surface area contributed by atoms with Gasteiger partial charge in [0.25, 0.3) is 0 Å². The minimum atomic E-state index is 0.121. The molecule has 1 atom stereocenters. The minimum absolute atomic E-state index is 0.121. The lowest BCUT2D eigenvalue weighted by atomic mass is 9.84. The van der Waals surface area contributed by atoms with Gasteiger partial charge < -0.3 is 10.1 Å². The molecular formula is C14H29NO. The van der Waals surface area contributed by atoms with Crippen molar-refractivity contribution in [2.24, 2.45) is 0 Å². The van der Waals surface area contributed by atoms with Crippen molar-refractivity contribution in [1.29, 1.82) is 0 Å². The third-order valence-corrected chi connectivity index (χ3v) is 3.88. The molecule has 2 nitrogen and oxygen atoms in total. The van der Waals surface area contributed by atoms with Crippen LogP contribution >= 0.6 is 0 Å². The van der Waals surface area contributed by atoms with Crippen molar-refractivity contribution in [3.63, 3.8) is 0 Å². The van der Waals surface area contributed by atoms with Gasteiger partial charge in [0, 0.05) is 12.6 Å². The minimum Gasteiger partial charge on any atom is -0.374 e. The van der Waals surface area contributed by atoms with E-state index in [1.54, 1.807) is 0 Å². The molecule has 1 fully saturated rings. The quantitative estimate of drug-likeness (QED) is 0.701. The molecule has 0 heterocycles. The molecule has 0 aromatic carbocycles. The van der Waals surface area contributed by atoms with Gasteiger partial charge >= 0.3 is 0 Å². The standard InChI is InChI=1S/C14H29NO/c1-4-13(15-5-2)14(16-6-3)11-9-7-8-10-12-14/h13,15H,4-12H2,1-3H3. The highest BCUT2D eigenvalue weighted by Crippen LogP contribution is 2.34. The molecule has 2 heteroatoms. The molecule has 0 aromatic rings. The van der Waals surface area contributed by atoms with Gasteiger partial charge in [-0.3, -0.25) is 0 Å². The fourth-order valence-corrected chi connectivity index (χ4v) is 3.16. The predicted molar refractivity (Wildman–Crippen MR) is 69.8 cm³/mol. The monoisotopic (exact) mass is 227 g/mol. The molecule has 16 heavy (non-hydrogen) atoms. The normalized spacial score (nSPS) is 22.7. The van der Waals surface area contributed by atoms with E-state index in [9.17, 15) is 0 Å². The van der Waals surface area contributed by atoms with E-state index < -0.39 is 0 Å². The van der Waals surface area contributed by atoms with Crippen molar-refractivity contribution in [1.82, 2.24) is 5.32 Å². The molecule has 0 spiro atoms. The highest BCUT2D eigenvalue weighted by atomic mass is 16.5. The van der Waals surface area contributed by atoms with Gasteiger partial charge in [-0.1, -0.05) is 39.5 Å². The van der Waals surface area contributed by atoms with Gasteiger partial charge in [0.2, 0.25) is 0 Å². The fraction of sp³-hybridized carbons (Fsp3) is 1.00. The maximum absolute atomic E-state index is 6.19. The first-order valence-electron chi connectivity index (χ1n) is 7.16. The molecule has 0 amide bonds. The van der Waals surface area contributed by atoms with E-state index in [0.717, 1.165) is 13.2 Å². The molecular weight excluding hydrogens is 198 g/mol. The van der Waals surface area contributed by atoms with E-state index in [-0.39, 0.29) is 5.60 Å². The molecule has 96 valence electrons. The number of rotatable bonds is 6. The molecule has 0 radical (unpaired) electrons. The van der Waals surface area contributed by atoms with Gasteiger partial charge in [-0.15, -0.1) is 0 Å². The van der Waals surface area contributed by atoms with Crippen LogP contribution in [0.25, 0.3) is 0 Å². The lowest BCUT2D eigenvalue weighted by Crippen LogP contribution is -2.52. The lowest BCUT2D eigenvalue weighted by molar-refractivity contribution is -0.0772. The molecule has 0 aromatic heterocycles. The summed E-state index contributed by atoms with van der Waals surface area (Å²) < 4.78 is 6.19. The number of likely N-dealkylation sites (N-methyl/N-ethyl adjacent to an activating group) is 1. The Kier molecular flexibility index (Phi) is 6.37. The number of hydrogen-bond donors (Lipinski definition) is 1. The Morgan fingerprint density at radius 3 is 2.12 bits per heavy atom.